The van der Waals surface area contributed by atoms with Crippen LogP contribution in [0, 0.1) is 5.92 Å². The van der Waals surface area contributed by atoms with Crippen molar-refractivity contribution in [1.82, 2.24) is 5.32 Å². The number of nitrogens with two attached hydrogens (primary N) is 1. The van der Waals surface area contributed by atoms with Gasteiger partial charge in [0.05, 0.1) is 0 Å². The third-order valence-corrected chi connectivity index (χ3v) is 2.17. The molecule has 0 bridgehead atoms. The molecule has 14 heavy (non-hydrogen) atoms. The topological polar surface area (TPSA) is 92.4 Å². The highest BCUT2D eigenvalue weighted by atomic mass is 16.4. The normalized spacial score (nSPS) is 14.5. The summed E-state index contributed by atoms with van der Waals surface area (Å²) >= 11 is 0. The van der Waals surface area contributed by atoms with Gasteiger partial charge in [0.15, 0.2) is 0 Å². The van der Waals surface area contributed by atoms with Crippen LogP contribution in [0.4, 0.5) is 0 Å². The molecular weight excluding hydrogens is 184 g/mol. The maximum atomic E-state index is 11.4. The van der Waals surface area contributed by atoms with Crippen molar-refractivity contribution < 1.29 is 14.7 Å². The number of carboxylic acid groups (broad SMARTS) is 1. The molecule has 0 aliphatic rings. The second kappa shape index (κ2) is 6.37. The zero-order chi connectivity index (χ0) is 11.1. The van der Waals surface area contributed by atoms with Gasteiger partial charge in [-0.3, -0.25) is 4.79 Å². The van der Waals surface area contributed by atoms with Gasteiger partial charge >= 0.3 is 5.97 Å². The quantitative estimate of drug-likeness (QED) is 0.563. The lowest BCUT2D eigenvalue weighted by Gasteiger charge is -2.16. The number of carbonyl (C=O) groups is 2. The first-order valence-corrected chi connectivity index (χ1v) is 4.80. The number of nitrogens with one attached hydrogen (secondary N) is 1. The molecule has 0 aromatic heterocycles. The summed E-state index contributed by atoms with van der Waals surface area (Å²) in [6.07, 6.45) is 1.00. The number of hydrogen-bond acceptors (Lipinski definition) is 3. The SMILES string of the molecule is CCC(CN)C(=O)NC(CC)C(=O)O. The Bertz CT molecular complexity index is 202. The van der Waals surface area contributed by atoms with E-state index in [9.17, 15) is 9.59 Å². The number of hydrogen-bond donors (Lipinski definition) is 3. The first kappa shape index (κ1) is 12.9. The molecule has 2 atom stereocenters. The van der Waals surface area contributed by atoms with Crippen LogP contribution in [-0.2, 0) is 9.59 Å². The van der Waals surface area contributed by atoms with Crippen molar-refractivity contribution in [2.45, 2.75) is 32.7 Å². The first-order valence-electron chi connectivity index (χ1n) is 4.80. The van der Waals surface area contributed by atoms with Crippen LogP contribution in [0.25, 0.3) is 0 Å². The summed E-state index contributed by atoms with van der Waals surface area (Å²) in [7, 11) is 0. The number of carbonyl (C=O) groups excluding carboxylic acids is 1. The molecule has 2 unspecified atom stereocenters. The third-order valence-electron chi connectivity index (χ3n) is 2.17. The maximum absolute atomic E-state index is 11.4. The van der Waals surface area contributed by atoms with E-state index in [1.54, 1.807) is 6.92 Å². The van der Waals surface area contributed by atoms with Crippen LogP contribution in [0.1, 0.15) is 26.7 Å². The van der Waals surface area contributed by atoms with Gasteiger partial charge in [-0.25, -0.2) is 4.79 Å². The molecule has 0 aromatic rings. The Hall–Kier alpha value is -1.10. The Labute approximate surface area is 83.7 Å². The van der Waals surface area contributed by atoms with Crippen LogP contribution in [0.2, 0.25) is 0 Å². The van der Waals surface area contributed by atoms with Crippen molar-refractivity contribution in [2.24, 2.45) is 11.7 Å². The Balaban J connectivity index is 4.20. The van der Waals surface area contributed by atoms with Gasteiger partial charge in [-0.15, -0.1) is 0 Å². The second-order valence-corrected chi connectivity index (χ2v) is 3.15. The molecule has 0 saturated carbocycles. The minimum atomic E-state index is -1.01. The van der Waals surface area contributed by atoms with Gasteiger partial charge in [-0.2, -0.15) is 0 Å². The van der Waals surface area contributed by atoms with E-state index >= 15 is 0 Å². The third kappa shape index (κ3) is 3.74. The van der Waals surface area contributed by atoms with Crippen molar-refractivity contribution in [3.63, 3.8) is 0 Å². The second-order valence-electron chi connectivity index (χ2n) is 3.15. The highest BCUT2D eigenvalue weighted by molar-refractivity contribution is 5.84. The van der Waals surface area contributed by atoms with Gasteiger partial charge in [0.25, 0.3) is 0 Å². The van der Waals surface area contributed by atoms with Crippen LogP contribution in [0.15, 0.2) is 0 Å². The Morgan fingerprint density at radius 2 is 1.93 bits per heavy atom. The van der Waals surface area contributed by atoms with Crippen molar-refractivity contribution in [3.05, 3.63) is 0 Å². The van der Waals surface area contributed by atoms with E-state index in [1.807, 2.05) is 6.92 Å². The average molecular weight is 202 g/mol. The molecule has 0 saturated heterocycles. The van der Waals surface area contributed by atoms with E-state index in [-0.39, 0.29) is 18.4 Å². The van der Waals surface area contributed by atoms with Gasteiger partial charge in [0, 0.05) is 12.5 Å². The summed E-state index contributed by atoms with van der Waals surface area (Å²) in [6, 6.07) is -0.803. The van der Waals surface area contributed by atoms with E-state index in [4.69, 9.17) is 10.8 Å². The van der Waals surface area contributed by atoms with Crippen LogP contribution in [0.5, 0.6) is 0 Å². The molecule has 0 radical (unpaired) electrons. The summed E-state index contributed by atoms with van der Waals surface area (Å²) in [5.41, 5.74) is 5.37. The predicted octanol–water partition coefficient (Wildman–Crippen LogP) is -0.0493. The standard InChI is InChI=1S/C9H18N2O3/c1-3-6(5-10)8(12)11-7(4-2)9(13)14/h6-7H,3-5,10H2,1-2H3,(H,11,12)(H,13,14). The molecule has 4 N–H and O–H groups in total. The van der Waals surface area contributed by atoms with Gasteiger partial charge in [0.2, 0.25) is 5.91 Å². The molecule has 1 amide bonds. The Morgan fingerprint density at radius 1 is 1.36 bits per heavy atom. The fourth-order valence-corrected chi connectivity index (χ4v) is 1.09. The first-order chi connectivity index (χ1) is 6.56. The van der Waals surface area contributed by atoms with Gasteiger partial charge in [0.1, 0.15) is 6.04 Å². The van der Waals surface area contributed by atoms with Crippen molar-refractivity contribution in [2.75, 3.05) is 6.54 Å². The van der Waals surface area contributed by atoms with Crippen molar-refractivity contribution in [1.29, 1.82) is 0 Å². The number of amides is 1. The maximum Gasteiger partial charge on any atom is 0.326 e. The summed E-state index contributed by atoms with van der Waals surface area (Å²) in [4.78, 5) is 22.0. The minimum absolute atomic E-state index is 0.248. The van der Waals surface area contributed by atoms with E-state index in [0.717, 1.165) is 0 Å². The average Bonchev–Trinajstić information content (AvgIpc) is 2.15. The highest BCUT2D eigenvalue weighted by Crippen LogP contribution is 2.01. The molecule has 0 spiro atoms. The summed E-state index contributed by atoms with van der Waals surface area (Å²) < 4.78 is 0. The molecule has 5 nitrogen and oxygen atoms in total. The van der Waals surface area contributed by atoms with E-state index < -0.39 is 12.0 Å². The van der Waals surface area contributed by atoms with E-state index in [2.05, 4.69) is 5.32 Å². The van der Waals surface area contributed by atoms with E-state index in [1.165, 1.54) is 0 Å². The zero-order valence-electron chi connectivity index (χ0n) is 8.62. The summed E-state index contributed by atoms with van der Waals surface area (Å²) in [5.74, 6) is -1.57. The molecule has 0 rings (SSSR count). The molecule has 0 aliphatic carbocycles. The lowest BCUT2D eigenvalue weighted by atomic mass is 10.1. The molecule has 0 aromatic carbocycles. The number of carboxylic acids is 1. The van der Waals surface area contributed by atoms with Gasteiger partial charge in [-0.1, -0.05) is 13.8 Å². The molecule has 82 valence electrons. The molecule has 0 aliphatic heterocycles. The molecule has 5 heteroatoms. The van der Waals surface area contributed by atoms with Crippen LogP contribution in [0.3, 0.4) is 0 Å². The smallest absolute Gasteiger partial charge is 0.326 e. The van der Waals surface area contributed by atoms with Gasteiger partial charge < -0.3 is 16.2 Å². The summed E-state index contributed by atoms with van der Waals surface area (Å²) in [5, 5.41) is 11.2. The molecule has 0 heterocycles. The largest absolute Gasteiger partial charge is 0.480 e. The fraction of sp³-hybridized carbons (Fsp3) is 0.778. The molecular formula is C9H18N2O3. The van der Waals surface area contributed by atoms with Crippen molar-refractivity contribution >= 4 is 11.9 Å². The van der Waals surface area contributed by atoms with E-state index in [0.29, 0.717) is 12.8 Å². The fourth-order valence-electron chi connectivity index (χ4n) is 1.09. The predicted molar refractivity (Wildman–Crippen MR) is 52.7 cm³/mol. The number of aliphatic carboxylic acids is 1. The lowest BCUT2D eigenvalue weighted by Crippen LogP contribution is -2.44. The van der Waals surface area contributed by atoms with Crippen LogP contribution < -0.4 is 11.1 Å². The zero-order valence-corrected chi connectivity index (χ0v) is 8.62. The minimum Gasteiger partial charge on any atom is -0.480 e. The Kier molecular flexibility index (Phi) is 5.87. The highest BCUT2D eigenvalue weighted by Gasteiger charge is 2.21. The van der Waals surface area contributed by atoms with Crippen LogP contribution in [-0.4, -0.2) is 29.6 Å². The molecule has 0 fully saturated rings. The lowest BCUT2D eigenvalue weighted by molar-refractivity contribution is -0.142. The van der Waals surface area contributed by atoms with Crippen LogP contribution >= 0.6 is 0 Å². The van der Waals surface area contributed by atoms with Crippen molar-refractivity contribution in [3.8, 4) is 0 Å². The number of rotatable bonds is 6. The van der Waals surface area contributed by atoms with Gasteiger partial charge in [-0.05, 0) is 12.8 Å². The summed E-state index contributed by atoms with van der Waals surface area (Å²) in [6.45, 7) is 3.81. The monoisotopic (exact) mass is 202 g/mol. The Morgan fingerprint density at radius 3 is 2.21 bits per heavy atom.